The number of rotatable bonds is 5. The summed E-state index contributed by atoms with van der Waals surface area (Å²) < 4.78 is 28.7. The molecule has 3 heterocycles. The number of carbonyl (C=O) groups excluding carboxylic acids is 1. The van der Waals surface area contributed by atoms with E-state index in [-0.39, 0.29) is 11.8 Å². The molecule has 156 valence electrons. The van der Waals surface area contributed by atoms with Crippen molar-refractivity contribution >= 4 is 11.6 Å². The minimum atomic E-state index is -0.842. The van der Waals surface area contributed by atoms with Crippen LogP contribution in [-0.4, -0.2) is 35.1 Å². The van der Waals surface area contributed by atoms with E-state index in [4.69, 9.17) is 0 Å². The summed E-state index contributed by atoms with van der Waals surface area (Å²) in [5, 5.41) is 3.04. The van der Waals surface area contributed by atoms with Crippen molar-refractivity contribution in [2.45, 2.75) is 20.3 Å². The summed E-state index contributed by atoms with van der Waals surface area (Å²) in [5.41, 5.74) is 4.07. The monoisotopic (exact) mass is 410 g/mol. The zero-order valence-electron chi connectivity index (χ0n) is 17.0. The first kappa shape index (κ1) is 20.1. The lowest BCUT2D eigenvalue weighted by molar-refractivity contribution is 0.0947. The van der Waals surface area contributed by atoms with Crippen molar-refractivity contribution in [1.82, 2.24) is 14.9 Å². The molecule has 2 aromatic heterocycles. The van der Waals surface area contributed by atoms with Gasteiger partial charge in [0.15, 0.2) is 11.6 Å². The van der Waals surface area contributed by atoms with E-state index >= 15 is 0 Å². The molecule has 1 aromatic carbocycles. The Morgan fingerprint density at radius 3 is 2.73 bits per heavy atom. The lowest BCUT2D eigenvalue weighted by Crippen LogP contribution is -2.31. The average Bonchev–Trinajstić information content (AvgIpc) is 3.33. The van der Waals surface area contributed by atoms with Crippen molar-refractivity contribution in [3.05, 3.63) is 77.4 Å². The standard InChI is InChI=1S/C23H24F2N4O/c1-15-10-20(16(2)29(15)19-4-3-8-26-13-19)23(30)27-12-17-7-9-28(14-17)18-5-6-21(24)22(25)11-18/h3-6,8,10-11,13,17H,7,9,12,14H2,1-2H3,(H,27,30). The van der Waals surface area contributed by atoms with Crippen LogP contribution in [0.5, 0.6) is 0 Å². The first-order chi connectivity index (χ1) is 14.4. The van der Waals surface area contributed by atoms with Crippen molar-refractivity contribution in [3.63, 3.8) is 0 Å². The predicted molar refractivity (Wildman–Crippen MR) is 112 cm³/mol. The molecule has 1 unspecified atom stereocenters. The van der Waals surface area contributed by atoms with Crippen LogP contribution >= 0.6 is 0 Å². The molecule has 30 heavy (non-hydrogen) atoms. The maximum absolute atomic E-state index is 13.5. The summed E-state index contributed by atoms with van der Waals surface area (Å²) in [6.45, 7) is 5.87. The molecule has 1 atom stereocenters. The normalized spacial score (nSPS) is 16.1. The van der Waals surface area contributed by atoms with E-state index in [1.165, 1.54) is 6.07 Å². The largest absolute Gasteiger partial charge is 0.371 e. The fourth-order valence-electron chi connectivity index (χ4n) is 4.12. The summed E-state index contributed by atoms with van der Waals surface area (Å²) in [6.07, 6.45) is 4.37. The summed E-state index contributed by atoms with van der Waals surface area (Å²) >= 11 is 0. The van der Waals surface area contributed by atoms with Crippen LogP contribution in [0, 0.1) is 31.4 Å². The molecule has 0 bridgehead atoms. The van der Waals surface area contributed by atoms with Crippen molar-refractivity contribution in [2.24, 2.45) is 5.92 Å². The first-order valence-corrected chi connectivity index (χ1v) is 10.0. The summed E-state index contributed by atoms with van der Waals surface area (Å²) in [6, 6.07) is 9.68. The molecule has 0 saturated carbocycles. The Labute approximate surface area is 174 Å². The molecule has 0 spiro atoms. The van der Waals surface area contributed by atoms with Gasteiger partial charge in [-0.3, -0.25) is 9.78 Å². The highest BCUT2D eigenvalue weighted by Gasteiger charge is 2.25. The third kappa shape index (κ3) is 3.92. The van der Waals surface area contributed by atoms with Crippen molar-refractivity contribution in [2.75, 3.05) is 24.5 Å². The minimum Gasteiger partial charge on any atom is -0.371 e. The number of amides is 1. The highest BCUT2D eigenvalue weighted by Crippen LogP contribution is 2.25. The fraction of sp³-hybridized carbons (Fsp3) is 0.304. The second kappa shape index (κ2) is 8.26. The fourth-order valence-corrected chi connectivity index (χ4v) is 4.12. The minimum absolute atomic E-state index is 0.107. The Bertz CT molecular complexity index is 1060. The Kier molecular flexibility index (Phi) is 5.53. The summed E-state index contributed by atoms with van der Waals surface area (Å²) in [7, 11) is 0. The second-order valence-electron chi connectivity index (χ2n) is 7.74. The topological polar surface area (TPSA) is 50.2 Å². The van der Waals surface area contributed by atoms with Crippen molar-refractivity contribution in [3.8, 4) is 5.69 Å². The van der Waals surface area contributed by atoms with E-state index in [2.05, 4.69) is 10.3 Å². The van der Waals surface area contributed by atoms with E-state index < -0.39 is 11.6 Å². The van der Waals surface area contributed by atoms with Gasteiger partial charge in [0, 0.05) is 49.0 Å². The Morgan fingerprint density at radius 1 is 1.17 bits per heavy atom. The molecule has 1 fully saturated rings. The number of benzene rings is 1. The van der Waals surface area contributed by atoms with Gasteiger partial charge in [0.1, 0.15) is 0 Å². The molecule has 3 aromatic rings. The molecule has 1 aliphatic heterocycles. The highest BCUT2D eigenvalue weighted by atomic mass is 19.2. The quantitative estimate of drug-likeness (QED) is 0.691. The van der Waals surface area contributed by atoms with Crippen LogP contribution in [0.4, 0.5) is 14.5 Å². The Balaban J connectivity index is 1.39. The molecule has 4 rings (SSSR count). The van der Waals surface area contributed by atoms with Gasteiger partial charge in [0.2, 0.25) is 0 Å². The van der Waals surface area contributed by atoms with Gasteiger partial charge in [-0.2, -0.15) is 0 Å². The van der Waals surface area contributed by atoms with E-state index in [9.17, 15) is 13.6 Å². The van der Waals surface area contributed by atoms with Crippen LogP contribution in [0.15, 0.2) is 48.8 Å². The van der Waals surface area contributed by atoms with Gasteiger partial charge in [-0.25, -0.2) is 8.78 Å². The number of aromatic nitrogens is 2. The van der Waals surface area contributed by atoms with Crippen LogP contribution in [0.1, 0.15) is 28.2 Å². The Hall–Kier alpha value is -3.22. The Morgan fingerprint density at radius 2 is 2.00 bits per heavy atom. The van der Waals surface area contributed by atoms with Crippen LogP contribution in [0.3, 0.4) is 0 Å². The maximum atomic E-state index is 13.5. The van der Waals surface area contributed by atoms with Crippen LogP contribution in [0.25, 0.3) is 5.69 Å². The van der Waals surface area contributed by atoms with Crippen LogP contribution in [-0.2, 0) is 0 Å². The molecule has 5 nitrogen and oxygen atoms in total. The highest BCUT2D eigenvalue weighted by molar-refractivity contribution is 5.95. The van der Waals surface area contributed by atoms with Gasteiger partial charge < -0.3 is 14.8 Å². The number of halogens is 2. The maximum Gasteiger partial charge on any atom is 0.253 e. The summed E-state index contributed by atoms with van der Waals surface area (Å²) in [4.78, 5) is 19.0. The summed E-state index contributed by atoms with van der Waals surface area (Å²) in [5.74, 6) is -1.53. The van der Waals surface area contributed by atoms with E-state index in [0.717, 1.165) is 36.1 Å². The van der Waals surface area contributed by atoms with Gasteiger partial charge in [0.05, 0.1) is 17.4 Å². The smallest absolute Gasteiger partial charge is 0.253 e. The lowest BCUT2D eigenvalue weighted by atomic mass is 10.1. The van der Waals surface area contributed by atoms with E-state index in [1.807, 2.05) is 41.5 Å². The van der Waals surface area contributed by atoms with Gasteiger partial charge in [-0.15, -0.1) is 0 Å². The van der Waals surface area contributed by atoms with Gasteiger partial charge in [0.25, 0.3) is 5.91 Å². The molecule has 7 heteroatoms. The SMILES string of the molecule is Cc1cc(C(=O)NCC2CCN(c3ccc(F)c(F)c3)C2)c(C)n1-c1cccnc1. The third-order valence-corrected chi connectivity index (χ3v) is 5.69. The van der Waals surface area contributed by atoms with Gasteiger partial charge in [-0.1, -0.05) is 0 Å². The number of hydrogen-bond donors (Lipinski definition) is 1. The number of aryl methyl sites for hydroxylation is 1. The van der Waals surface area contributed by atoms with Crippen molar-refractivity contribution < 1.29 is 13.6 Å². The number of anilines is 1. The first-order valence-electron chi connectivity index (χ1n) is 10.0. The lowest BCUT2D eigenvalue weighted by Gasteiger charge is -2.19. The van der Waals surface area contributed by atoms with E-state index in [0.29, 0.717) is 24.3 Å². The molecule has 1 N–H and O–H groups in total. The van der Waals surface area contributed by atoms with E-state index in [1.54, 1.807) is 18.5 Å². The molecule has 0 aliphatic carbocycles. The number of nitrogens with one attached hydrogen (secondary N) is 1. The number of pyridine rings is 1. The third-order valence-electron chi connectivity index (χ3n) is 5.69. The zero-order valence-corrected chi connectivity index (χ0v) is 17.0. The molecule has 1 aliphatic rings. The second-order valence-corrected chi connectivity index (χ2v) is 7.74. The van der Waals surface area contributed by atoms with Crippen LogP contribution in [0.2, 0.25) is 0 Å². The molecule has 1 saturated heterocycles. The molecule has 1 amide bonds. The zero-order chi connectivity index (χ0) is 21.3. The molecule has 0 radical (unpaired) electrons. The van der Waals surface area contributed by atoms with Gasteiger partial charge >= 0.3 is 0 Å². The molecular formula is C23H24F2N4O. The number of nitrogens with zero attached hydrogens (tertiary/aromatic N) is 3. The number of hydrogen-bond acceptors (Lipinski definition) is 3. The number of carbonyl (C=O) groups is 1. The average molecular weight is 410 g/mol. The van der Waals surface area contributed by atoms with Crippen molar-refractivity contribution in [1.29, 1.82) is 0 Å². The molecular weight excluding hydrogens is 386 g/mol. The predicted octanol–water partition coefficient (Wildman–Crippen LogP) is 4.02. The van der Waals surface area contributed by atoms with Gasteiger partial charge in [-0.05, 0) is 56.5 Å². The van der Waals surface area contributed by atoms with Crippen LogP contribution < -0.4 is 10.2 Å².